The van der Waals surface area contributed by atoms with Crippen LogP contribution in [-0.4, -0.2) is 25.9 Å². The maximum absolute atomic E-state index is 13.6. The van der Waals surface area contributed by atoms with Gasteiger partial charge in [-0.25, -0.2) is 0 Å². The first kappa shape index (κ1) is 22.1. The quantitative estimate of drug-likeness (QED) is 0.757. The van der Waals surface area contributed by atoms with Crippen LogP contribution in [-0.2, 0) is 6.54 Å². The van der Waals surface area contributed by atoms with Crippen molar-refractivity contribution in [1.82, 2.24) is 4.57 Å². The Hall–Kier alpha value is -3.60. The van der Waals surface area contributed by atoms with E-state index in [0.717, 1.165) is 5.69 Å². The molecule has 0 amide bonds. The maximum Gasteiger partial charge on any atom is 0.258 e. The first-order valence-corrected chi connectivity index (χ1v) is 9.89. The number of hydrogen-bond donors (Lipinski definition) is 1. The lowest BCUT2D eigenvalue weighted by Gasteiger charge is -2.29. The number of ether oxygens (including phenoxy) is 4. The first-order valence-electron chi connectivity index (χ1n) is 9.89. The minimum absolute atomic E-state index is 0.0442. The number of benzene rings is 1. The van der Waals surface area contributed by atoms with Crippen LogP contribution in [0, 0.1) is 24.2 Å². The fourth-order valence-electron chi connectivity index (χ4n) is 3.94. The van der Waals surface area contributed by atoms with Gasteiger partial charge in [0.2, 0.25) is 11.6 Å². The molecule has 0 saturated heterocycles. The zero-order valence-corrected chi connectivity index (χ0v) is 18.6. The van der Waals surface area contributed by atoms with Crippen LogP contribution in [0.4, 0.5) is 0 Å². The molecule has 2 aromatic rings. The molecule has 0 fully saturated rings. The number of nitriles is 1. The number of hydrogen-bond acceptors (Lipinski definition) is 7. The maximum atomic E-state index is 13.6. The van der Waals surface area contributed by atoms with Crippen LogP contribution < -0.4 is 30.2 Å². The van der Waals surface area contributed by atoms with Gasteiger partial charge in [-0.3, -0.25) is 4.79 Å². The van der Waals surface area contributed by atoms with Crippen LogP contribution in [0.5, 0.6) is 23.0 Å². The molecule has 31 heavy (non-hydrogen) atoms. The van der Waals surface area contributed by atoms with Crippen LogP contribution in [0.3, 0.4) is 0 Å². The highest BCUT2D eigenvalue weighted by Crippen LogP contribution is 2.48. The lowest BCUT2D eigenvalue weighted by Crippen LogP contribution is -2.33. The number of methoxy groups -OCH3 is 3. The van der Waals surface area contributed by atoms with Crippen molar-refractivity contribution in [2.24, 2.45) is 11.7 Å². The van der Waals surface area contributed by atoms with E-state index in [-0.39, 0.29) is 22.9 Å². The average molecular weight is 425 g/mol. The van der Waals surface area contributed by atoms with Gasteiger partial charge in [0.15, 0.2) is 11.5 Å². The predicted molar refractivity (Wildman–Crippen MR) is 116 cm³/mol. The second-order valence-electron chi connectivity index (χ2n) is 7.72. The summed E-state index contributed by atoms with van der Waals surface area (Å²) in [5.74, 6) is 0.945. The summed E-state index contributed by atoms with van der Waals surface area (Å²) >= 11 is 0. The van der Waals surface area contributed by atoms with E-state index in [1.807, 2.05) is 20.8 Å². The third-order valence-electron chi connectivity index (χ3n) is 5.28. The highest BCUT2D eigenvalue weighted by atomic mass is 16.5. The monoisotopic (exact) mass is 425 g/mol. The van der Waals surface area contributed by atoms with E-state index in [2.05, 4.69) is 6.07 Å². The molecule has 164 valence electrons. The van der Waals surface area contributed by atoms with Gasteiger partial charge in [-0.2, -0.15) is 5.26 Å². The molecule has 0 aliphatic carbocycles. The van der Waals surface area contributed by atoms with E-state index in [1.54, 1.807) is 22.8 Å². The number of fused-ring (bicyclic) bond motifs is 1. The molecule has 0 unspecified atom stereocenters. The summed E-state index contributed by atoms with van der Waals surface area (Å²) in [6.07, 6.45) is 0. The van der Waals surface area contributed by atoms with Crippen molar-refractivity contribution in [1.29, 1.82) is 5.26 Å². The van der Waals surface area contributed by atoms with Crippen LogP contribution in [0.25, 0.3) is 0 Å². The van der Waals surface area contributed by atoms with Crippen LogP contribution in [0.15, 0.2) is 34.4 Å². The molecular formula is C23H27N3O5. The predicted octanol–water partition coefficient (Wildman–Crippen LogP) is 3.06. The second-order valence-corrected chi connectivity index (χ2v) is 7.72. The van der Waals surface area contributed by atoms with Crippen molar-refractivity contribution in [3.05, 3.63) is 56.8 Å². The van der Waals surface area contributed by atoms with Gasteiger partial charge in [-0.1, -0.05) is 19.9 Å². The molecule has 1 aromatic heterocycles. The second kappa shape index (κ2) is 8.64. The topological polar surface area (TPSA) is 109 Å². The lowest BCUT2D eigenvalue weighted by atomic mass is 9.83. The number of allylic oxidation sites excluding steroid dienone is 1. The van der Waals surface area contributed by atoms with Crippen molar-refractivity contribution in [3.8, 4) is 29.1 Å². The summed E-state index contributed by atoms with van der Waals surface area (Å²) in [5, 5.41) is 9.90. The molecule has 1 aliphatic heterocycles. The highest BCUT2D eigenvalue weighted by molar-refractivity contribution is 5.64. The Morgan fingerprint density at radius 2 is 1.87 bits per heavy atom. The van der Waals surface area contributed by atoms with Crippen LogP contribution >= 0.6 is 0 Å². The molecule has 1 aromatic carbocycles. The van der Waals surface area contributed by atoms with Gasteiger partial charge >= 0.3 is 0 Å². The average Bonchev–Trinajstić information content (AvgIpc) is 2.74. The van der Waals surface area contributed by atoms with Crippen molar-refractivity contribution in [2.45, 2.75) is 33.2 Å². The van der Waals surface area contributed by atoms with Gasteiger partial charge in [0.05, 0.1) is 32.8 Å². The number of rotatable bonds is 6. The summed E-state index contributed by atoms with van der Waals surface area (Å²) < 4.78 is 23.9. The summed E-state index contributed by atoms with van der Waals surface area (Å²) in [4.78, 5) is 13.6. The minimum atomic E-state index is -0.782. The van der Waals surface area contributed by atoms with E-state index in [0.29, 0.717) is 40.7 Å². The molecule has 2 N–H and O–H groups in total. The highest BCUT2D eigenvalue weighted by Gasteiger charge is 2.37. The Balaban J connectivity index is 2.39. The summed E-state index contributed by atoms with van der Waals surface area (Å²) in [5.41, 5.74) is 7.65. The zero-order valence-electron chi connectivity index (χ0n) is 18.6. The molecule has 0 radical (unpaired) electrons. The number of nitrogens with zero attached hydrogens (tertiary/aromatic N) is 2. The SMILES string of the molecule is COc1ccc([C@H]2C(C#N)=C(N)Oc3cc(C)n(CC(C)C)c(=O)c32)c(OC)c1OC. The lowest BCUT2D eigenvalue weighted by molar-refractivity contribution is 0.321. The van der Waals surface area contributed by atoms with E-state index in [4.69, 9.17) is 24.7 Å². The Morgan fingerprint density at radius 1 is 1.19 bits per heavy atom. The van der Waals surface area contributed by atoms with Crippen molar-refractivity contribution in [2.75, 3.05) is 21.3 Å². The van der Waals surface area contributed by atoms with Gasteiger partial charge in [0.25, 0.3) is 5.56 Å². The minimum Gasteiger partial charge on any atom is -0.493 e. The fraction of sp³-hybridized carbons (Fsp3) is 0.391. The smallest absolute Gasteiger partial charge is 0.258 e. The molecular weight excluding hydrogens is 398 g/mol. The third-order valence-corrected chi connectivity index (χ3v) is 5.28. The van der Waals surface area contributed by atoms with E-state index < -0.39 is 5.92 Å². The first-order chi connectivity index (χ1) is 14.8. The Labute approximate surface area is 181 Å². The van der Waals surface area contributed by atoms with Crippen LogP contribution in [0.1, 0.15) is 36.6 Å². The van der Waals surface area contributed by atoms with Gasteiger partial charge in [0.1, 0.15) is 17.4 Å². The van der Waals surface area contributed by atoms with E-state index in [9.17, 15) is 10.1 Å². The van der Waals surface area contributed by atoms with Crippen molar-refractivity contribution < 1.29 is 18.9 Å². The molecule has 0 bridgehead atoms. The summed E-state index contributed by atoms with van der Waals surface area (Å²) in [6.45, 7) is 6.46. The molecule has 1 aliphatic rings. The normalized spacial score (nSPS) is 15.2. The van der Waals surface area contributed by atoms with E-state index in [1.165, 1.54) is 21.3 Å². The zero-order chi connectivity index (χ0) is 22.9. The number of pyridine rings is 1. The van der Waals surface area contributed by atoms with Gasteiger partial charge < -0.3 is 29.2 Å². The molecule has 0 saturated carbocycles. The molecule has 8 nitrogen and oxygen atoms in total. The Bertz CT molecular complexity index is 1140. The Kier molecular flexibility index (Phi) is 6.16. The Morgan fingerprint density at radius 3 is 2.42 bits per heavy atom. The van der Waals surface area contributed by atoms with Gasteiger partial charge in [-0.05, 0) is 18.9 Å². The number of nitrogens with two attached hydrogens (primary N) is 1. The fourth-order valence-corrected chi connectivity index (χ4v) is 3.94. The third kappa shape index (κ3) is 3.67. The molecule has 2 heterocycles. The van der Waals surface area contributed by atoms with Crippen LogP contribution in [0.2, 0.25) is 0 Å². The van der Waals surface area contributed by atoms with Gasteiger partial charge in [0, 0.05) is 23.9 Å². The van der Waals surface area contributed by atoms with Gasteiger partial charge in [-0.15, -0.1) is 0 Å². The summed E-state index contributed by atoms with van der Waals surface area (Å²) in [7, 11) is 4.51. The van der Waals surface area contributed by atoms with E-state index >= 15 is 0 Å². The summed E-state index contributed by atoms with van der Waals surface area (Å²) in [6, 6.07) is 7.35. The number of aryl methyl sites for hydroxylation is 1. The largest absolute Gasteiger partial charge is 0.493 e. The molecule has 0 spiro atoms. The number of aromatic nitrogens is 1. The molecule has 8 heteroatoms. The molecule has 1 atom stereocenters. The standard InChI is InChI=1S/C23H27N3O5/c1-12(2)11-26-13(3)9-17-19(23(26)27)18(15(10-24)22(25)31-17)14-7-8-16(28-4)21(30-6)20(14)29-5/h7-9,12,18H,11,25H2,1-6H3/t18-/m0/s1. The molecule has 3 rings (SSSR count). The van der Waals surface area contributed by atoms with Crippen molar-refractivity contribution in [3.63, 3.8) is 0 Å². The van der Waals surface area contributed by atoms with Crippen molar-refractivity contribution >= 4 is 0 Å².